The lowest BCUT2D eigenvalue weighted by Gasteiger charge is -2.14. The average Bonchev–Trinajstić information content (AvgIpc) is 3.23. The number of nitrogens with one attached hydrogen (secondary N) is 1. The fourth-order valence-corrected chi connectivity index (χ4v) is 2.59. The van der Waals surface area contributed by atoms with Crippen molar-refractivity contribution in [1.82, 2.24) is 0 Å². The number of para-hydroxylation sites is 1. The lowest BCUT2D eigenvalue weighted by molar-refractivity contribution is 0.0320. The Morgan fingerprint density at radius 3 is 2.36 bits per heavy atom. The molecule has 2 aromatic carbocycles. The zero-order chi connectivity index (χ0) is 20.1. The van der Waals surface area contributed by atoms with Crippen molar-refractivity contribution in [2.24, 2.45) is 0 Å². The highest BCUT2D eigenvalue weighted by atomic mass is 16.5. The smallest absolute Gasteiger partial charge is 0.340 e. The number of amides is 1. The number of benzene rings is 2. The minimum atomic E-state index is -0.968. The molecule has 0 saturated heterocycles. The third kappa shape index (κ3) is 4.35. The molecule has 6 heteroatoms. The molecule has 0 aliphatic heterocycles. The van der Waals surface area contributed by atoms with Crippen LogP contribution in [0.25, 0.3) is 0 Å². The van der Waals surface area contributed by atoms with Crippen molar-refractivity contribution in [2.45, 2.75) is 20.0 Å². The van der Waals surface area contributed by atoms with Crippen LogP contribution in [0, 0.1) is 6.92 Å². The van der Waals surface area contributed by atoms with E-state index in [2.05, 4.69) is 5.32 Å². The van der Waals surface area contributed by atoms with Crippen molar-refractivity contribution < 1.29 is 23.5 Å². The van der Waals surface area contributed by atoms with Gasteiger partial charge in [0.25, 0.3) is 5.91 Å². The molecule has 0 radical (unpaired) electrons. The van der Waals surface area contributed by atoms with Gasteiger partial charge in [0.05, 0.1) is 17.5 Å². The Kier molecular flexibility index (Phi) is 5.69. The van der Waals surface area contributed by atoms with Gasteiger partial charge in [0.2, 0.25) is 5.78 Å². The Hall–Kier alpha value is -3.67. The van der Waals surface area contributed by atoms with Crippen molar-refractivity contribution in [2.75, 3.05) is 5.32 Å². The molecule has 0 fully saturated rings. The number of hydrogen-bond acceptors (Lipinski definition) is 5. The van der Waals surface area contributed by atoms with Crippen molar-refractivity contribution in [1.29, 1.82) is 0 Å². The first kappa shape index (κ1) is 19.1. The Balaban J connectivity index is 1.72. The molecule has 0 unspecified atom stereocenters. The predicted octanol–water partition coefficient (Wildman–Crippen LogP) is 4.27. The van der Waals surface area contributed by atoms with E-state index >= 15 is 0 Å². The SMILES string of the molecule is Cc1ccc(C(=O)[C@H](C)OC(=O)c2ccccc2NC(=O)c2ccco2)cc1. The molecule has 0 aliphatic rings. The summed E-state index contributed by atoms with van der Waals surface area (Å²) in [5, 5.41) is 2.62. The molecule has 3 rings (SSSR count). The number of aryl methyl sites for hydroxylation is 1. The number of Topliss-reactive ketones (excluding diaryl/α,β-unsaturated/α-hetero) is 1. The summed E-state index contributed by atoms with van der Waals surface area (Å²) < 4.78 is 10.4. The Morgan fingerprint density at radius 1 is 0.964 bits per heavy atom. The summed E-state index contributed by atoms with van der Waals surface area (Å²) in [5.74, 6) is -1.38. The van der Waals surface area contributed by atoms with Crippen LogP contribution in [-0.2, 0) is 4.74 Å². The van der Waals surface area contributed by atoms with Crippen LogP contribution in [0.1, 0.15) is 43.8 Å². The predicted molar refractivity (Wildman–Crippen MR) is 103 cm³/mol. The molecule has 1 atom stereocenters. The molecule has 6 nitrogen and oxygen atoms in total. The van der Waals surface area contributed by atoms with Crippen LogP contribution in [0.2, 0.25) is 0 Å². The molecular weight excluding hydrogens is 358 g/mol. The van der Waals surface area contributed by atoms with E-state index in [4.69, 9.17) is 9.15 Å². The molecule has 1 aromatic heterocycles. The van der Waals surface area contributed by atoms with Gasteiger partial charge in [0.1, 0.15) is 0 Å². The molecule has 0 spiro atoms. The highest BCUT2D eigenvalue weighted by Crippen LogP contribution is 2.19. The first-order valence-corrected chi connectivity index (χ1v) is 8.71. The van der Waals surface area contributed by atoms with Crippen LogP contribution in [-0.4, -0.2) is 23.8 Å². The third-order valence-electron chi connectivity index (χ3n) is 4.13. The number of esters is 1. The first-order chi connectivity index (χ1) is 13.5. The van der Waals surface area contributed by atoms with E-state index in [1.807, 2.05) is 19.1 Å². The lowest BCUT2D eigenvalue weighted by atomic mass is 10.1. The number of carbonyl (C=O) groups is 3. The van der Waals surface area contributed by atoms with Crippen LogP contribution >= 0.6 is 0 Å². The maximum Gasteiger partial charge on any atom is 0.340 e. The Bertz CT molecular complexity index is 990. The molecule has 1 N–H and O–H groups in total. The van der Waals surface area contributed by atoms with Crippen LogP contribution in [0.4, 0.5) is 5.69 Å². The number of hydrogen-bond donors (Lipinski definition) is 1. The van der Waals surface area contributed by atoms with E-state index in [1.165, 1.54) is 25.3 Å². The number of ketones is 1. The molecule has 0 saturated carbocycles. The van der Waals surface area contributed by atoms with Crippen LogP contribution < -0.4 is 5.32 Å². The van der Waals surface area contributed by atoms with Gasteiger partial charge in [-0.3, -0.25) is 9.59 Å². The lowest BCUT2D eigenvalue weighted by Crippen LogP contribution is -2.25. The zero-order valence-electron chi connectivity index (χ0n) is 15.5. The van der Waals surface area contributed by atoms with Crippen molar-refractivity contribution >= 4 is 23.3 Å². The van der Waals surface area contributed by atoms with Crippen LogP contribution in [0.5, 0.6) is 0 Å². The van der Waals surface area contributed by atoms with Crippen LogP contribution in [0.15, 0.2) is 71.3 Å². The molecule has 1 heterocycles. The number of carbonyl (C=O) groups excluding carboxylic acids is 3. The van der Waals surface area contributed by atoms with Gasteiger partial charge in [-0.15, -0.1) is 0 Å². The second-order valence-corrected chi connectivity index (χ2v) is 6.25. The topological polar surface area (TPSA) is 85.6 Å². The van der Waals surface area contributed by atoms with E-state index in [-0.39, 0.29) is 22.8 Å². The zero-order valence-corrected chi connectivity index (χ0v) is 15.5. The van der Waals surface area contributed by atoms with Gasteiger partial charge >= 0.3 is 5.97 Å². The van der Waals surface area contributed by atoms with Crippen molar-refractivity contribution in [3.8, 4) is 0 Å². The number of ether oxygens (including phenoxy) is 1. The van der Waals surface area contributed by atoms with Gasteiger partial charge in [-0.1, -0.05) is 42.0 Å². The Labute approximate surface area is 162 Å². The number of furan rings is 1. The van der Waals surface area contributed by atoms with Crippen LogP contribution in [0.3, 0.4) is 0 Å². The van der Waals surface area contributed by atoms with E-state index in [9.17, 15) is 14.4 Å². The van der Waals surface area contributed by atoms with Gasteiger partial charge in [-0.2, -0.15) is 0 Å². The fourth-order valence-electron chi connectivity index (χ4n) is 2.59. The Morgan fingerprint density at radius 2 is 1.68 bits per heavy atom. The summed E-state index contributed by atoms with van der Waals surface area (Å²) in [7, 11) is 0. The summed E-state index contributed by atoms with van der Waals surface area (Å²) >= 11 is 0. The average molecular weight is 377 g/mol. The normalized spacial score (nSPS) is 11.5. The minimum absolute atomic E-state index is 0.117. The fraction of sp³-hybridized carbons (Fsp3) is 0.136. The minimum Gasteiger partial charge on any atom is -0.459 e. The first-order valence-electron chi connectivity index (χ1n) is 8.71. The van der Waals surface area contributed by atoms with Crippen molar-refractivity contribution in [3.05, 3.63) is 89.4 Å². The molecule has 142 valence electrons. The highest BCUT2D eigenvalue weighted by Gasteiger charge is 2.22. The molecule has 28 heavy (non-hydrogen) atoms. The quantitative estimate of drug-likeness (QED) is 0.512. The summed E-state index contributed by atoms with van der Waals surface area (Å²) in [6.45, 7) is 3.44. The molecule has 0 bridgehead atoms. The molecule has 1 amide bonds. The number of rotatable bonds is 6. The van der Waals surface area contributed by atoms with E-state index in [0.29, 0.717) is 5.56 Å². The van der Waals surface area contributed by atoms with E-state index in [0.717, 1.165) is 5.56 Å². The van der Waals surface area contributed by atoms with Gasteiger partial charge in [0, 0.05) is 5.56 Å². The summed E-state index contributed by atoms with van der Waals surface area (Å²) in [5.41, 5.74) is 1.91. The second-order valence-electron chi connectivity index (χ2n) is 6.25. The monoisotopic (exact) mass is 377 g/mol. The van der Waals surface area contributed by atoms with Gasteiger partial charge < -0.3 is 14.5 Å². The second kappa shape index (κ2) is 8.35. The van der Waals surface area contributed by atoms with Gasteiger partial charge in [-0.05, 0) is 38.1 Å². The van der Waals surface area contributed by atoms with E-state index in [1.54, 1.807) is 36.4 Å². The van der Waals surface area contributed by atoms with Gasteiger partial charge in [0.15, 0.2) is 11.9 Å². The number of anilines is 1. The maximum absolute atomic E-state index is 12.6. The summed E-state index contributed by atoms with van der Waals surface area (Å²) in [6.07, 6.45) is 0.414. The molecule has 3 aromatic rings. The van der Waals surface area contributed by atoms with E-state index < -0.39 is 18.0 Å². The summed E-state index contributed by atoms with van der Waals surface area (Å²) in [6, 6.07) is 16.5. The molecular formula is C22H19NO5. The maximum atomic E-state index is 12.6. The van der Waals surface area contributed by atoms with Gasteiger partial charge in [-0.25, -0.2) is 4.79 Å². The summed E-state index contributed by atoms with van der Waals surface area (Å²) in [4.78, 5) is 37.2. The third-order valence-corrected chi connectivity index (χ3v) is 4.13. The largest absolute Gasteiger partial charge is 0.459 e. The molecule has 0 aliphatic carbocycles. The standard InChI is InChI=1S/C22H19NO5/c1-14-9-11-16(12-10-14)20(24)15(2)28-22(26)17-6-3-4-7-18(17)23-21(25)19-8-5-13-27-19/h3-13,15H,1-2H3,(H,23,25)/t15-/m0/s1. The van der Waals surface area contributed by atoms with Crippen molar-refractivity contribution in [3.63, 3.8) is 0 Å². The highest BCUT2D eigenvalue weighted by molar-refractivity contribution is 6.07.